The molecule has 0 saturated carbocycles. The Morgan fingerprint density at radius 3 is 2.73 bits per heavy atom. The second-order valence-electron chi connectivity index (χ2n) is 2.88. The summed E-state index contributed by atoms with van der Waals surface area (Å²) >= 11 is 0. The van der Waals surface area contributed by atoms with Gasteiger partial charge >= 0.3 is 0 Å². The van der Waals surface area contributed by atoms with E-state index in [1.165, 1.54) is 17.3 Å². The van der Waals surface area contributed by atoms with E-state index in [2.05, 4.69) is 20.1 Å². The first-order chi connectivity index (χ1) is 7.22. The molecule has 2 heterocycles. The monoisotopic (exact) mass is 206 g/mol. The van der Waals surface area contributed by atoms with Gasteiger partial charge in [-0.3, -0.25) is 0 Å². The van der Waals surface area contributed by atoms with Crippen LogP contribution in [0.4, 0.5) is 5.95 Å². The molecule has 78 valence electrons. The fraction of sp³-hybridized carbons (Fsp3) is 0.250. The molecule has 0 aromatic carbocycles. The molecular weight excluding hydrogens is 196 g/mol. The number of nitrogens with two attached hydrogens (primary N) is 1. The number of hydrogen-bond donors (Lipinski definition) is 1. The van der Waals surface area contributed by atoms with Crippen LogP contribution in [-0.2, 0) is 0 Å². The molecule has 0 fully saturated rings. The topological polar surface area (TPSA) is 91.7 Å². The Labute approximate surface area is 85.9 Å². The summed E-state index contributed by atoms with van der Waals surface area (Å²) in [4.78, 5) is 11.9. The molecule has 0 aliphatic heterocycles. The summed E-state index contributed by atoms with van der Waals surface area (Å²) in [5.74, 6) is 1.31. The third-order valence-electron chi connectivity index (χ3n) is 1.93. The molecule has 0 atom stereocenters. The zero-order valence-corrected chi connectivity index (χ0v) is 8.38. The number of aromatic nitrogens is 5. The van der Waals surface area contributed by atoms with Crippen LogP contribution in [0.1, 0.15) is 5.56 Å². The number of anilines is 1. The van der Waals surface area contributed by atoms with Crippen molar-refractivity contribution >= 4 is 5.95 Å². The second-order valence-corrected chi connectivity index (χ2v) is 2.88. The van der Waals surface area contributed by atoms with Gasteiger partial charge in [-0.1, -0.05) is 0 Å². The van der Waals surface area contributed by atoms with Crippen LogP contribution in [0.25, 0.3) is 5.82 Å². The van der Waals surface area contributed by atoms with Crippen LogP contribution in [0, 0.1) is 6.92 Å². The minimum Gasteiger partial charge on any atom is -0.481 e. The van der Waals surface area contributed by atoms with E-state index in [1.807, 2.05) is 6.92 Å². The van der Waals surface area contributed by atoms with Crippen molar-refractivity contribution in [2.75, 3.05) is 12.8 Å². The standard InChI is InChI=1S/C8H10N6O/c1-5-6(10-3-11-7(5)15-2)14-4-12-8(9)13-14/h3-4H,1-2H3,(H2,9,13). The first kappa shape index (κ1) is 9.38. The van der Waals surface area contributed by atoms with Gasteiger partial charge in [-0.15, -0.1) is 5.10 Å². The SMILES string of the molecule is COc1ncnc(-n2cnc(N)n2)c1C. The Hall–Kier alpha value is -2.18. The summed E-state index contributed by atoms with van der Waals surface area (Å²) in [5.41, 5.74) is 6.20. The molecule has 0 aliphatic carbocycles. The molecule has 7 heteroatoms. The summed E-state index contributed by atoms with van der Waals surface area (Å²) < 4.78 is 6.55. The van der Waals surface area contributed by atoms with Crippen LogP contribution >= 0.6 is 0 Å². The van der Waals surface area contributed by atoms with Crippen molar-refractivity contribution in [2.24, 2.45) is 0 Å². The van der Waals surface area contributed by atoms with Gasteiger partial charge < -0.3 is 10.5 Å². The van der Waals surface area contributed by atoms with Gasteiger partial charge in [0.15, 0.2) is 5.82 Å². The number of methoxy groups -OCH3 is 1. The van der Waals surface area contributed by atoms with E-state index in [-0.39, 0.29) is 5.95 Å². The number of nitrogen functional groups attached to an aromatic ring is 1. The molecule has 2 N–H and O–H groups in total. The summed E-state index contributed by atoms with van der Waals surface area (Å²) in [5, 5.41) is 3.95. The molecule has 0 bridgehead atoms. The van der Waals surface area contributed by atoms with E-state index >= 15 is 0 Å². The summed E-state index contributed by atoms with van der Waals surface area (Å²) in [6, 6.07) is 0. The highest BCUT2D eigenvalue weighted by molar-refractivity contribution is 5.38. The molecule has 2 aromatic rings. The molecule has 2 rings (SSSR count). The minimum absolute atomic E-state index is 0.201. The fourth-order valence-corrected chi connectivity index (χ4v) is 1.24. The summed E-state index contributed by atoms with van der Waals surface area (Å²) in [6.07, 6.45) is 2.89. The zero-order chi connectivity index (χ0) is 10.8. The molecule has 0 saturated heterocycles. The Kier molecular flexibility index (Phi) is 2.20. The van der Waals surface area contributed by atoms with Crippen molar-refractivity contribution in [1.82, 2.24) is 24.7 Å². The van der Waals surface area contributed by atoms with E-state index in [4.69, 9.17) is 10.5 Å². The number of hydrogen-bond acceptors (Lipinski definition) is 6. The van der Waals surface area contributed by atoms with Gasteiger partial charge in [0.1, 0.15) is 12.7 Å². The van der Waals surface area contributed by atoms with Gasteiger partial charge in [0, 0.05) is 0 Å². The number of ether oxygens (including phenoxy) is 1. The maximum Gasteiger partial charge on any atom is 0.239 e. The third-order valence-corrected chi connectivity index (χ3v) is 1.93. The quantitative estimate of drug-likeness (QED) is 0.741. The molecular formula is C8H10N6O. The second kappa shape index (κ2) is 3.52. The van der Waals surface area contributed by atoms with Gasteiger partial charge in [-0.2, -0.15) is 0 Å². The first-order valence-electron chi connectivity index (χ1n) is 4.25. The normalized spacial score (nSPS) is 10.3. The van der Waals surface area contributed by atoms with Gasteiger partial charge in [0.2, 0.25) is 11.8 Å². The van der Waals surface area contributed by atoms with E-state index in [0.717, 1.165) is 5.56 Å². The van der Waals surface area contributed by atoms with Crippen LogP contribution in [0.5, 0.6) is 5.88 Å². The Morgan fingerprint density at radius 2 is 2.13 bits per heavy atom. The van der Waals surface area contributed by atoms with Crippen molar-refractivity contribution in [3.8, 4) is 11.7 Å². The Bertz CT molecular complexity index is 480. The lowest BCUT2D eigenvalue weighted by molar-refractivity contribution is 0.392. The highest BCUT2D eigenvalue weighted by atomic mass is 16.5. The van der Waals surface area contributed by atoms with Crippen molar-refractivity contribution in [1.29, 1.82) is 0 Å². The highest BCUT2D eigenvalue weighted by Crippen LogP contribution is 2.18. The van der Waals surface area contributed by atoms with Crippen molar-refractivity contribution in [2.45, 2.75) is 6.92 Å². The lowest BCUT2D eigenvalue weighted by Gasteiger charge is -2.06. The van der Waals surface area contributed by atoms with Crippen LogP contribution in [-0.4, -0.2) is 31.8 Å². The van der Waals surface area contributed by atoms with Crippen molar-refractivity contribution in [3.63, 3.8) is 0 Å². The molecule has 0 amide bonds. The van der Waals surface area contributed by atoms with Gasteiger partial charge in [-0.05, 0) is 6.92 Å². The Balaban J connectivity index is 2.53. The molecule has 0 radical (unpaired) electrons. The maximum absolute atomic E-state index is 5.42. The molecule has 2 aromatic heterocycles. The van der Waals surface area contributed by atoms with Crippen LogP contribution in [0.3, 0.4) is 0 Å². The molecule has 0 aliphatic rings. The minimum atomic E-state index is 0.201. The van der Waals surface area contributed by atoms with Crippen LogP contribution < -0.4 is 10.5 Å². The number of rotatable bonds is 2. The highest BCUT2D eigenvalue weighted by Gasteiger charge is 2.10. The van der Waals surface area contributed by atoms with Gasteiger partial charge in [0.25, 0.3) is 0 Å². The molecule has 0 unspecified atom stereocenters. The predicted octanol–water partition coefficient (Wildman–Crippen LogP) is -0.0435. The third kappa shape index (κ3) is 1.58. The first-order valence-corrected chi connectivity index (χ1v) is 4.25. The average Bonchev–Trinajstić information content (AvgIpc) is 2.65. The zero-order valence-electron chi connectivity index (χ0n) is 8.38. The van der Waals surface area contributed by atoms with E-state index < -0.39 is 0 Å². The van der Waals surface area contributed by atoms with Crippen LogP contribution in [0.15, 0.2) is 12.7 Å². The predicted molar refractivity (Wildman–Crippen MR) is 52.7 cm³/mol. The van der Waals surface area contributed by atoms with E-state index in [9.17, 15) is 0 Å². The summed E-state index contributed by atoms with van der Waals surface area (Å²) in [7, 11) is 1.55. The van der Waals surface area contributed by atoms with E-state index in [1.54, 1.807) is 7.11 Å². The average molecular weight is 206 g/mol. The van der Waals surface area contributed by atoms with Gasteiger partial charge in [-0.25, -0.2) is 19.6 Å². The lowest BCUT2D eigenvalue weighted by atomic mass is 10.3. The Morgan fingerprint density at radius 1 is 1.33 bits per heavy atom. The van der Waals surface area contributed by atoms with Crippen LogP contribution in [0.2, 0.25) is 0 Å². The number of nitrogens with zero attached hydrogens (tertiary/aromatic N) is 5. The van der Waals surface area contributed by atoms with E-state index in [0.29, 0.717) is 11.7 Å². The van der Waals surface area contributed by atoms with Crippen molar-refractivity contribution < 1.29 is 4.74 Å². The molecule has 0 spiro atoms. The fourth-order valence-electron chi connectivity index (χ4n) is 1.24. The van der Waals surface area contributed by atoms with Crippen molar-refractivity contribution in [3.05, 3.63) is 18.2 Å². The largest absolute Gasteiger partial charge is 0.481 e. The van der Waals surface area contributed by atoms with Gasteiger partial charge in [0.05, 0.1) is 12.7 Å². The smallest absolute Gasteiger partial charge is 0.239 e. The molecule has 15 heavy (non-hydrogen) atoms. The lowest BCUT2D eigenvalue weighted by Crippen LogP contribution is -2.04. The summed E-state index contributed by atoms with van der Waals surface area (Å²) in [6.45, 7) is 1.84. The maximum atomic E-state index is 5.42. The molecule has 7 nitrogen and oxygen atoms in total.